The zero-order valence-corrected chi connectivity index (χ0v) is 12.2. The minimum atomic E-state index is -0.766. The average Bonchev–Trinajstić information content (AvgIpc) is 2.60. The molecule has 1 fully saturated rings. The van der Waals surface area contributed by atoms with Crippen molar-refractivity contribution in [1.29, 1.82) is 0 Å². The number of aryl methyl sites for hydroxylation is 1. The Hall–Kier alpha value is -1.69. The minimum absolute atomic E-state index is 0.0184. The van der Waals surface area contributed by atoms with E-state index in [0.717, 1.165) is 10.5 Å². The summed E-state index contributed by atoms with van der Waals surface area (Å²) in [4.78, 5) is 36.2. The van der Waals surface area contributed by atoms with Crippen LogP contribution in [0, 0.1) is 6.92 Å². The molecule has 0 aromatic heterocycles. The Morgan fingerprint density at radius 1 is 1.42 bits per heavy atom. The van der Waals surface area contributed by atoms with Crippen molar-refractivity contribution in [3.05, 3.63) is 33.8 Å². The van der Waals surface area contributed by atoms with Gasteiger partial charge in [-0.15, -0.1) is 0 Å². The summed E-state index contributed by atoms with van der Waals surface area (Å²) in [6.07, 6.45) is 0.0184. The zero-order chi connectivity index (χ0) is 14.2. The van der Waals surface area contributed by atoms with Crippen LogP contribution in [0.15, 0.2) is 22.7 Å². The Balaban J connectivity index is 2.16. The summed E-state index contributed by atoms with van der Waals surface area (Å²) in [7, 11) is 1.42. The fraction of sp³-hybridized carbons (Fsp3) is 0.308. The van der Waals surface area contributed by atoms with Gasteiger partial charge in [-0.25, -0.2) is 0 Å². The number of nitrogens with one attached hydrogen (secondary N) is 1. The van der Waals surface area contributed by atoms with E-state index in [9.17, 15) is 14.4 Å². The van der Waals surface area contributed by atoms with Crippen molar-refractivity contribution in [3.8, 4) is 0 Å². The monoisotopic (exact) mass is 324 g/mol. The number of hydrogen-bond donors (Lipinski definition) is 1. The van der Waals surface area contributed by atoms with E-state index in [-0.39, 0.29) is 24.1 Å². The Morgan fingerprint density at radius 2 is 2.11 bits per heavy atom. The summed E-state index contributed by atoms with van der Waals surface area (Å²) in [6.45, 7) is 1.88. The van der Waals surface area contributed by atoms with Crippen LogP contribution in [-0.4, -0.2) is 35.7 Å². The molecular formula is C13H13BrN2O3. The maximum atomic E-state index is 12.1. The quantitative estimate of drug-likeness (QED) is 0.832. The molecule has 1 aromatic rings. The maximum absolute atomic E-state index is 12.1. The van der Waals surface area contributed by atoms with E-state index in [1.54, 1.807) is 12.1 Å². The third-order valence-corrected chi connectivity index (χ3v) is 3.74. The standard InChI is InChI=1S/C13H13BrN2O3/c1-7-3-4-9(14)8(5-7)12(18)15-10-6-11(17)16(2)13(10)19/h3-5,10H,6H2,1-2H3,(H,15,18). The number of likely N-dealkylation sites (tertiary alicyclic amines) is 1. The van der Waals surface area contributed by atoms with Crippen molar-refractivity contribution in [2.45, 2.75) is 19.4 Å². The first-order valence-corrected chi connectivity index (χ1v) is 6.57. The van der Waals surface area contributed by atoms with Gasteiger partial charge < -0.3 is 5.32 Å². The molecule has 6 heteroatoms. The molecule has 0 aliphatic carbocycles. The highest BCUT2D eigenvalue weighted by Gasteiger charge is 2.37. The number of nitrogens with zero attached hydrogens (tertiary/aromatic N) is 1. The molecule has 1 saturated heterocycles. The second-order valence-corrected chi connectivity index (χ2v) is 5.36. The molecule has 2 rings (SSSR count). The number of halogens is 1. The molecule has 3 amide bonds. The smallest absolute Gasteiger partial charge is 0.253 e. The van der Waals surface area contributed by atoms with Crippen molar-refractivity contribution in [2.75, 3.05) is 7.05 Å². The summed E-state index contributed by atoms with van der Waals surface area (Å²) in [5, 5.41) is 2.59. The number of carbonyl (C=O) groups is 3. The molecule has 19 heavy (non-hydrogen) atoms. The Morgan fingerprint density at radius 3 is 2.68 bits per heavy atom. The lowest BCUT2D eigenvalue weighted by molar-refractivity contribution is -0.137. The largest absolute Gasteiger partial charge is 0.340 e. The van der Waals surface area contributed by atoms with Gasteiger partial charge in [-0.05, 0) is 35.0 Å². The van der Waals surface area contributed by atoms with Gasteiger partial charge in [-0.2, -0.15) is 0 Å². The zero-order valence-electron chi connectivity index (χ0n) is 10.6. The van der Waals surface area contributed by atoms with Crippen molar-refractivity contribution in [2.24, 2.45) is 0 Å². The SMILES string of the molecule is Cc1ccc(Br)c(C(=O)NC2CC(=O)N(C)C2=O)c1. The molecule has 1 heterocycles. The van der Waals surface area contributed by atoms with Crippen LogP contribution in [0.2, 0.25) is 0 Å². The first-order chi connectivity index (χ1) is 8.90. The van der Waals surface area contributed by atoms with E-state index in [4.69, 9.17) is 0 Å². The minimum Gasteiger partial charge on any atom is -0.340 e. The number of carbonyl (C=O) groups excluding carboxylic acids is 3. The van der Waals surface area contributed by atoms with Gasteiger partial charge in [0.25, 0.3) is 11.8 Å². The second-order valence-electron chi connectivity index (χ2n) is 4.50. The lowest BCUT2D eigenvalue weighted by Crippen LogP contribution is -2.40. The van der Waals surface area contributed by atoms with Crippen LogP contribution in [0.4, 0.5) is 0 Å². The summed E-state index contributed by atoms with van der Waals surface area (Å²) in [5.41, 5.74) is 1.40. The topological polar surface area (TPSA) is 66.5 Å². The van der Waals surface area contributed by atoms with E-state index in [1.165, 1.54) is 7.05 Å². The third-order valence-electron chi connectivity index (χ3n) is 3.05. The molecule has 0 bridgehead atoms. The molecular weight excluding hydrogens is 312 g/mol. The van der Waals surface area contributed by atoms with Crippen LogP contribution in [0.3, 0.4) is 0 Å². The van der Waals surface area contributed by atoms with Crippen molar-refractivity contribution >= 4 is 33.7 Å². The maximum Gasteiger partial charge on any atom is 0.253 e. The fourth-order valence-corrected chi connectivity index (χ4v) is 2.34. The van der Waals surface area contributed by atoms with Crippen LogP contribution in [-0.2, 0) is 9.59 Å². The molecule has 1 unspecified atom stereocenters. The molecule has 1 aliphatic rings. The van der Waals surface area contributed by atoms with Gasteiger partial charge in [0.15, 0.2) is 0 Å². The van der Waals surface area contributed by atoms with Crippen LogP contribution < -0.4 is 5.32 Å². The highest BCUT2D eigenvalue weighted by Crippen LogP contribution is 2.19. The van der Waals surface area contributed by atoms with Gasteiger partial charge in [-0.3, -0.25) is 19.3 Å². The summed E-state index contributed by atoms with van der Waals surface area (Å²) < 4.78 is 0.653. The summed E-state index contributed by atoms with van der Waals surface area (Å²) in [6, 6.07) is 4.61. The van der Waals surface area contributed by atoms with Gasteiger partial charge in [0, 0.05) is 11.5 Å². The van der Waals surface area contributed by atoms with E-state index >= 15 is 0 Å². The van der Waals surface area contributed by atoms with Crippen LogP contribution >= 0.6 is 15.9 Å². The van der Waals surface area contributed by atoms with Crippen molar-refractivity contribution < 1.29 is 14.4 Å². The predicted molar refractivity (Wildman–Crippen MR) is 72.5 cm³/mol. The molecule has 5 nitrogen and oxygen atoms in total. The number of amides is 3. The predicted octanol–water partition coefficient (Wildman–Crippen LogP) is 1.24. The summed E-state index contributed by atoms with van der Waals surface area (Å²) in [5.74, 6) is -1.02. The second kappa shape index (κ2) is 5.13. The van der Waals surface area contributed by atoms with Gasteiger partial charge >= 0.3 is 0 Å². The highest BCUT2D eigenvalue weighted by atomic mass is 79.9. The van der Waals surface area contributed by atoms with Crippen LogP contribution in [0.1, 0.15) is 22.3 Å². The van der Waals surface area contributed by atoms with Crippen LogP contribution in [0.25, 0.3) is 0 Å². The Labute approximate surface area is 119 Å². The lowest BCUT2D eigenvalue weighted by atomic mass is 10.1. The Bertz CT molecular complexity index is 571. The van der Waals surface area contributed by atoms with E-state index in [1.807, 2.05) is 13.0 Å². The van der Waals surface area contributed by atoms with Gasteiger partial charge in [-0.1, -0.05) is 11.6 Å². The number of imide groups is 1. The van der Waals surface area contributed by atoms with Gasteiger partial charge in [0.1, 0.15) is 6.04 Å². The highest BCUT2D eigenvalue weighted by molar-refractivity contribution is 9.10. The molecule has 1 N–H and O–H groups in total. The first kappa shape index (κ1) is 13.7. The van der Waals surface area contributed by atoms with Crippen molar-refractivity contribution in [1.82, 2.24) is 10.2 Å². The molecule has 100 valence electrons. The third kappa shape index (κ3) is 2.68. The van der Waals surface area contributed by atoms with Gasteiger partial charge in [0.05, 0.1) is 12.0 Å². The molecule has 0 radical (unpaired) electrons. The average molecular weight is 325 g/mol. The van der Waals surface area contributed by atoms with E-state index in [2.05, 4.69) is 21.2 Å². The van der Waals surface area contributed by atoms with Crippen LogP contribution in [0.5, 0.6) is 0 Å². The normalized spacial score (nSPS) is 18.9. The van der Waals surface area contributed by atoms with Gasteiger partial charge in [0.2, 0.25) is 5.91 Å². The van der Waals surface area contributed by atoms with E-state index < -0.39 is 6.04 Å². The molecule has 1 atom stereocenters. The number of hydrogen-bond acceptors (Lipinski definition) is 3. The molecule has 0 saturated carbocycles. The molecule has 1 aliphatic heterocycles. The first-order valence-electron chi connectivity index (χ1n) is 5.77. The molecule has 0 spiro atoms. The lowest BCUT2D eigenvalue weighted by Gasteiger charge is -2.12. The van der Waals surface area contributed by atoms with E-state index in [0.29, 0.717) is 10.0 Å². The molecule has 1 aromatic carbocycles. The fourth-order valence-electron chi connectivity index (χ4n) is 1.92. The number of likely N-dealkylation sites (N-methyl/N-ethyl adjacent to an activating group) is 1. The summed E-state index contributed by atoms with van der Waals surface area (Å²) >= 11 is 3.30. The Kier molecular flexibility index (Phi) is 3.71. The van der Waals surface area contributed by atoms with Crippen molar-refractivity contribution in [3.63, 3.8) is 0 Å². The number of benzene rings is 1. The number of rotatable bonds is 2.